The molecule has 1 atom stereocenters. The molecule has 2 rings (SSSR count). The van der Waals surface area contributed by atoms with Gasteiger partial charge in [-0.25, -0.2) is 0 Å². The Morgan fingerprint density at radius 2 is 1.55 bits per heavy atom. The summed E-state index contributed by atoms with van der Waals surface area (Å²) in [6.45, 7) is 9.91. The van der Waals surface area contributed by atoms with Gasteiger partial charge in [-0.15, -0.1) is 0 Å². The van der Waals surface area contributed by atoms with Crippen LogP contribution in [0.1, 0.15) is 57.7 Å². The minimum atomic E-state index is -0.622. The number of hydrogen-bond donors (Lipinski definition) is 1. The normalized spacial score (nSPS) is 12.4. The van der Waals surface area contributed by atoms with E-state index < -0.39 is 6.04 Å². The van der Waals surface area contributed by atoms with E-state index in [4.69, 9.17) is 23.2 Å². The molecule has 1 N–H and O–H groups in total. The van der Waals surface area contributed by atoms with Gasteiger partial charge in [0.2, 0.25) is 11.8 Å². The van der Waals surface area contributed by atoms with Crippen molar-refractivity contribution in [1.82, 2.24) is 10.2 Å². The molecule has 4 nitrogen and oxygen atoms in total. The second-order valence-electron chi connectivity index (χ2n) is 8.86. The van der Waals surface area contributed by atoms with E-state index in [1.807, 2.05) is 26.8 Å². The van der Waals surface area contributed by atoms with Gasteiger partial charge in [-0.1, -0.05) is 60.5 Å². The van der Waals surface area contributed by atoms with Crippen LogP contribution >= 0.6 is 23.2 Å². The van der Waals surface area contributed by atoms with E-state index in [1.165, 1.54) is 5.56 Å². The first-order valence-electron chi connectivity index (χ1n) is 10.6. The Labute approximate surface area is 195 Å². The van der Waals surface area contributed by atoms with Crippen LogP contribution in [-0.4, -0.2) is 28.3 Å². The highest BCUT2D eigenvalue weighted by molar-refractivity contribution is 6.42. The maximum absolute atomic E-state index is 13.2. The summed E-state index contributed by atoms with van der Waals surface area (Å²) in [5, 5.41) is 3.85. The van der Waals surface area contributed by atoms with Crippen molar-refractivity contribution >= 4 is 35.0 Å². The number of nitrogens with one attached hydrogen (secondary N) is 1. The molecule has 0 unspecified atom stereocenters. The predicted molar refractivity (Wildman–Crippen MR) is 129 cm³/mol. The lowest BCUT2D eigenvalue weighted by molar-refractivity contribution is -0.141. The van der Waals surface area contributed by atoms with Gasteiger partial charge in [0, 0.05) is 18.5 Å². The number of hydrogen-bond acceptors (Lipinski definition) is 2. The third-order valence-electron chi connectivity index (χ3n) is 5.06. The van der Waals surface area contributed by atoms with Crippen LogP contribution in [0.3, 0.4) is 0 Å². The largest absolute Gasteiger partial charge is 0.350 e. The van der Waals surface area contributed by atoms with Gasteiger partial charge >= 0.3 is 0 Å². The quantitative estimate of drug-likeness (QED) is 0.536. The van der Waals surface area contributed by atoms with Gasteiger partial charge < -0.3 is 10.2 Å². The molecule has 2 aromatic rings. The first-order valence-corrected chi connectivity index (χ1v) is 11.4. The van der Waals surface area contributed by atoms with E-state index in [9.17, 15) is 9.59 Å². The summed E-state index contributed by atoms with van der Waals surface area (Å²) in [5.41, 5.74) is 2.81. The number of nitrogens with zero attached hydrogens (tertiary/aromatic N) is 1. The summed E-state index contributed by atoms with van der Waals surface area (Å²) >= 11 is 12.2. The van der Waals surface area contributed by atoms with Crippen LogP contribution in [0.15, 0.2) is 42.5 Å². The van der Waals surface area contributed by atoms with E-state index in [0.29, 0.717) is 22.9 Å². The zero-order valence-corrected chi connectivity index (χ0v) is 20.5. The standard InChI is InChI=1S/C25H32Cl2N2O2/c1-6-18-7-9-19(10-8-18)12-14-23(30)29(17(2)24(31)28-25(3,4)5)16-20-11-13-21(26)22(27)15-20/h7-11,13,15,17H,6,12,14,16H2,1-5H3,(H,28,31)/t17-/m0/s1. The molecular weight excluding hydrogens is 431 g/mol. The minimum Gasteiger partial charge on any atom is -0.350 e. The molecule has 168 valence electrons. The van der Waals surface area contributed by atoms with Crippen LogP contribution < -0.4 is 5.32 Å². The number of halogens is 2. The average Bonchev–Trinajstić information content (AvgIpc) is 2.71. The lowest BCUT2D eigenvalue weighted by Crippen LogP contribution is -2.52. The van der Waals surface area contributed by atoms with Crippen molar-refractivity contribution in [3.05, 3.63) is 69.2 Å². The molecule has 0 aliphatic rings. The van der Waals surface area contributed by atoms with Crippen molar-refractivity contribution in [2.24, 2.45) is 0 Å². The summed E-state index contributed by atoms with van der Waals surface area (Å²) in [6.07, 6.45) is 1.92. The van der Waals surface area contributed by atoms with Gasteiger partial charge in [-0.05, 0) is 69.4 Å². The first-order chi connectivity index (χ1) is 14.5. The molecule has 31 heavy (non-hydrogen) atoms. The maximum Gasteiger partial charge on any atom is 0.242 e. The molecule has 0 aliphatic carbocycles. The van der Waals surface area contributed by atoms with Gasteiger partial charge in [-0.3, -0.25) is 9.59 Å². The number of rotatable bonds is 8. The third kappa shape index (κ3) is 7.86. The molecule has 0 aliphatic heterocycles. The van der Waals surface area contributed by atoms with Crippen LogP contribution in [0.2, 0.25) is 10.0 Å². The molecule has 6 heteroatoms. The summed E-state index contributed by atoms with van der Waals surface area (Å²) in [4.78, 5) is 27.6. The fraction of sp³-hybridized carbons (Fsp3) is 0.440. The fourth-order valence-corrected chi connectivity index (χ4v) is 3.55. The van der Waals surface area contributed by atoms with Crippen molar-refractivity contribution in [2.75, 3.05) is 0 Å². The molecule has 0 fully saturated rings. The van der Waals surface area contributed by atoms with Crippen molar-refractivity contribution in [1.29, 1.82) is 0 Å². The summed E-state index contributed by atoms with van der Waals surface area (Å²) in [5.74, 6) is -0.268. The topological polar surface area (TPSA) is 49.4 Å². The summed E-state index contributed by atoms with van der Waals surface area (Å²) in [7, 11) is 0. The summed E-state index contributed by atoms with van der Waals surface area (Å²) < 4.78 is 0. The maximum atomic E-state index is 13.2. The number of aryl methyl sites for hydroxylation is 2. The molecule has 0 aromatic heterocycles. The van der Waals surface area contributed by atoms with E-state index in [-0.39, 0.29) is 23.9 Å². The first kappa shape index (κ1) is 25.2. The van der Waals surface area contributed by atoms with Crippen molar-refractivity contribution in [2.45, 2.75) is 72.0 Å². The highest BCUT2D eigenvalue weighted by Crippen LogP contribution is 2.24. The van der Waals surface area contributed by atoms with E-state index >= 15 is 0 Å². The number of carbonyl (C=O) groups is 2. The van der Waals surface area contributed by atoms with Crippen molar-refractivity contribution in [3.63, 3.8) is 0 Å². The van der Waals surface area contributed by atoms with E-state index in [1.54, 1.807) is 24.0 Å². The molecule has 0 bridgehead atoms. The van der Waals surface area contributed by atoms with Gasteiger partial charge in [0.1, 0.15) is 6.04 Å². The lowest BCUT2D eigenvalue weighted by atomic mass is 10.0. The SMILES string of the molecule is CCc1ccc(CCC(=O)N(Cc2ccc(Cl)c(Cl)c2)[C@@H](C)C(=O)NC(C)(C)C)cc1. The fourth-order valence-electron chi connectivity index (χ4n) is 3.23. The molecule has 2 amide bonds. The Morgan fingerprint density at radius 1 is 0.968 bits per heavy atom. The predicted octanol–water partition coefficient (Wildman–Crippen LogP) is 5.82. The van der Waals surface area contributed by atoms with Crippen molar-refractivity contribution in [3.8, 4) is 0 Å². The number of carbonyl (C=O) groups excluding carboxylic acids is 2. The average molecular weight is 463 g/mol. The van der Waals surface area contributed by atoms with Crippen molar-refractivity contribution < 1.29 is 9.59 Å². The Hall–Kier alpha value is -2.04. The molecule has 0 heterocycles. The molecule has 0 radical (unpaired) electrons. The highest BCUT2D eigenvalue weighted by atomic mass is 35.5. The van der Waals surface area contributed by atoms with Crippen LogP contribution in [0.5, 0.6) is 0 Å². The summed E-state index contributed by atoms with van der Waals surface area (Å²) in [6, 6.07) is 12.9. The Balaban J connectivity index is 2.18. The van der Waals surface area contributed by atoms with Crippen LogP contribution in [-0.2, 0) is 29.0 Å². The molecule has 2 aromatic carbocycles. The van der Waals surface area contributed by atoms with Crippen LogP contribution in [0.25, 0.3) is 0 Å². The monoisotopic (exact) mass is 462 g/mol. The third-order valence-corrected chi connectivity index (χ3v) is 5.80. The second kappa shape index (κ2) is 11.0. The molecular formula is C25H32Cl2N2O2. The Bertz CT molecular complexity index is 905. The van der Waals surface area contributed by atoms with E-state index in [0.717, 1.165) is 17.5 Å². The van der Waals surface area contributed by atoms with Gasteiger partial charge in [0.15, 0.2) is 0 Å². The number of benzene rings is 2. The zero-order valence-electron chi connectivity index (χ0n) is 19.0. The van der Waals surface area contributed by atoms with Gasteiger partial charge in [0.25, 0.3) is 0 Å². The Morgan fingerprint density at radius 3 is 2.10 bits per heavy atom. The van der Waals surface area contributed by atoms with Gasteiger partial charge in [0.05, 0.1) is 10.0 Å². The second-order valence-corrected chi connectivity index (χ2v) is 9.67. The van der Waals surface area contributed by atoms with Crippen LogP contribution in [0, 0.1) is 0 Å². The lowest BCUT2D eigenvalue weighted by Gasteiger charge is -2.31. The number of amides is 2. The smallest absolute Gasteiger partial charge is 0.242 e. The zero-order chi connectivity index (χ0) is 23.2. The molecule has 0 saturated heterocycles. The Kier molecular flexibility index (Phi) is 8.96. The minimum absolute atomic E-state index is 0.0813. The molecule has 0 spiro atoms. The van der Waals surface area contributed by atoms with Crippen LogP contribution in [0.4, 0.5) is 0 Å². The van der Waals surface area contributed by atoms with E-state index in [2.05, 4.69) is 36.5 Å². The highest BCUT2D eigenvalue weighted by Gasteiger charge is 2.28. The van der Waals surface area contributed by atoms with Gasteiger partial charge in [-0.2, -0.15) is 0 Å². The molecule has 0 saturated carbocycles.